The minimum atomic E-state index is 0.500. The first-order valence-corrected chi connectivity index (χ1v) is 10.5. The van der Waals surface area contributed by atoms with Gasteiger partial charge in [0.25, 0.3) is 0 Å². The highest BCUT2D eigenvalue weighted by atomic mass is 32.1. The minimum absolute atomic E-state index is 0.500. The molecule has 0 saturated carbocycles. The van der Waals surface area contributed by atoms with E-state index in [1.54, 1.807) is 6.08 Å². The Bertz CT molecular complexity index is 664. The van der Waals surface area contributed by atoms with Crippen LogP contribution < -0.4 is 20.4 Å². The first-order chi connectivity index (χ1) is 13.1. The van der Waals surface area contributed by atoms with Crippen LogP contribution in [-0.4, -0.2) is 47.3 Å². The van der Waals surface area contributed by atoms with Gasteiger partial charge in [0.05, 0.1) is 0 Å². The van der Waals surface area contributed by atoms with Crippen molar-refractivity contribution in [3.8, 4) is 0 Å². The lowest BCUT2D eigenvalue weighted by Crippen LogP contribution is -2.39. The number of aromatic nitrogens is 2. The average Bonchev–Trinajstić information content (AvgIpc) is 2.66. The number of hydrogen-bond donors (Lipinski definition) is 2. The van der Waals surface area contributed by atoms with Crippen LogP contribution >= 0.6 is 12.2 Å². The lowest BCUT2D eigenvalue weighted by atomic mass is 10.0. The van der Waals surface area contributed by atoms with Crippen LogP contribution in [-0.2, 0) is 0 Å². The molecule has 2 saturated heterocycles. The van der Waals surface area contributed by atoms with Crippen molar-refractivity contribution in [1.29, 1.82) is 0 Å². The van der Waals surface area contributed by atoms with Crippen molar-refractivity contribution in [3.05, 3.63) is 18.7 Å². The summed E-state index contributed by atoms with van der Waals surface area (Å²) in [6, 6.07) is 2.66. The topological polar surface area (TPSA) is 56.3 Å². The second kappa shape index (κ2) is 9.35. The van der Waals surface area contributed by atoms with Gasteiger partial charge in [-0.15, -0.1) is 6.58 Å². The predicted molar refractivity (Wildman–Crippen MR) is 118 cm³/mol. The molecule has 0 aromatic carbocycles. The molecular weight excluding hydrogens is 356 g/mol. The van der Waals surface area contributed by atoms with E-state index in [1.165, 1.54) is 32.1 Å². The molecule has 148 valence electrons. The second-order valence-electron chi connectivity index (χ2n) is 7.76. The van der Waals surface area contributed by atoms with Crippen LogP contribution in [0.4, 0.5) is 17.6 Å². The number of hydrogen-bond acceptors (Lipinski definition) is 5. The molecule has 7 heteroatoms. The number of anilines is 3. The maximum atomic E-state index is 5.37. The van der Waals surface area contributed by atoms with E-state index in [0.717, 1.165) is 31.3 Å². The molecular formula is C20H32N6S. The van der Waals surface area contributed by atoms with E-state index in [0.29, 0.717) is 29.6 Å². The monoisotopic (exact) mass is 388 g/mol. The Morgan fingerprint density at radius 1 is 1.22 bits per heavy atom. The second-order valence-corrected chi connectivity index (χ2v) is 8.17. The summed E-state index contributed by atoms with van der Waals surface area (Å²) in [4.78, 5) is 14.4. The third-order valence-electron chi connectivity index (χ3n) is 5.41. The standard InChI is InChI=1S/C20H32N6S/c1-4-10-21-20(27)24-19-22-17(25-11-7-8-15(2)14-25)13-18(23-19)26-12-6-5-9-16(26)3/h4,13,15-16H,1,5-12,14H2,2-3H3,(H2,21,22,23,24,27)/t15-,16-/m0/s1. The fourth-order valence-corrected chi connectivity index (χ4v) is 4.11. The highest BCUT2D eigenvalue weighted by Gasteiger charge is 2.24. The largest absolute Gasteiger partial charge is 0.359 e. The van der Waals surface area contributed by atoms with Crippen molar-refractivity contribution >= 4 is 34.9 Å². The number of nitrogens with one attached hydrogen (secondary N) is 2. The molecule has 0 amide bonds. The van der Waals surface area contributed by atoms with Crippen molar-refractivity contribution in [2.24, 2.45) is 5.92 Å². The molecule has 0 unspecified atom stereocenters. The Balaban J connectivity index is 1.87. The average molecular weight is 389 g/mol. The van der Waals surface area contributed by atoms with Gasteiger partial charge in [-0.05, 0) is 57.2 Å². The molecule has 6 nitrogen and oxygen atoms in total. The van der Waals surface area contributed by atoms with Crippen LogP contribution in [0.25, 0.3) is 0 Å². The summed E-state index contributed by atoms with van der Waals surface area (Å²) < 4.78 is 0. The summed E-state index contributed by atoms with van der Waals surface area (Å²) in [5.41, 5.74) is 0. The van der Waals surface area contributed by atoms with E-state index >= 15 is 0 Å². The molecule has 3 heterocycles. The Morgan fingerprint density at radius 3 is 2.78 bits per heavy atom. The summed E-state index contributed by atoms with van der Waals surface area (Å²) in [5, 5.41) is 6.77. The Hall–Kier alpha value is -1.89. The van der Waals surface area contributed by atoms with Gasteiger partial charge in [-0.1, -0.05) is 13.0 Å². The molecule has 1 aromatic rings. The molecule has 0 bridgehead atoms. The molecule has 2 fully saturated rings. The van der Waals surface area contributed by atoms with Gasteiger partial charge in [0.2, 0.25) is 5.95 Å². The van der Waals surface area contributed by atoms with Gasteiger partial charge in [0.1, 0.15) is 11.6 Å². The normalized spacial score (nSPS) is 23.0. The molecule has 0 aliphatic carbocycles. The van der Waals surface area contributed by atoms with E-state index < -0.39 is 0 Å². The minimum Gasteiger partial charge on any atom is -0.359 e. The third-order valence-corrected chi connectivity index (χ3v) is 5.66. The Labute approximate surface area is 168 Å². The molecule has 2 aliphatic rings. The van der Waals surface area contributed by atoms with Crippen molar-refractivity contribution in [2.75, 3.05) is 41.3 Å². The fourth-order valence-electron chi connectivity index (χ4n) is 3.93. The zero-order valence-corrected chi connectivity index (χ0v) is 17.4. The zero-order valence-electron chi connectivity index (χ0n) is 16.6. The number of piperidine rings is 2. The first kappa shape index (κ1) is 19.9. The summed E-state index contributed by atoms with van der Waals surface area (Å²) in [5.74, 6) is 3.26. The van der Waals surface area contributed by atoms with Crippen molar-refractivity contribution in [1.82, 2.24) is 15.3 Å². The first-order valence-electron chi connectivity index (χ1n) is 10.1. The van der Waals surface area contributed by atoms with Crippen molar-refractivity contribution < 1.29 is 0 Å². The van der Waals surface area contributed by atoms with Crippen LogP contribution in [0.2, 0.25) is 0 Å². The smallest absolute Gasteiger partial charge is 0.232 e. The number of nitrogens with zero attached hydrogens (tertiary/aromatic N) is 4. The van der Waals surface area contributed by atoms with E-state index in [1.807, 2.05) is 0 Å². The van der Waals surface area contributed by atoms with Crippen LogP contribution in [0.5, 0.6) is 0 Å². The zero-order chi connectivity index (χ0) is 19.2. The maximum Gasteiger partial charge on any atom is 0.232 e. The third kappa shape index (κ3) is 5.31. The number of rotatable bonds is 5. The molecule has 2 aliphatic heterocycles. The van der Waals surface area contributed by atoms with Crippen LogP contribution in [0.15, 0.2) is 18.7 Å². The Morgan fingerprint density at radius 2 is 2.04 bits per heavy atom. The lowest BCUT2D eigenvalue weighted by molar-refractivity contribution is 0.444. The lowest BCUT2D eigenvalue weighted by Gasteiger charge is -2.36. The van der Waals surface area contributed by atoms with Gasteiger partial charge in [0, 0.05) is 38.3 Å². The SMILES string of the molecule is C=CCNC(=S)Nc1nc(N2CCC[C@H](C)C2)cc(N2CCCC[C@@H]2C)n1. The van der Waals surface area contributed by atoms with Gasteiger partial charge in [0.15, 0.2) is 5.11 Å². The number of thiocarbonyl (C=S) groups is 1. The molecule has 0 radical (unpaired) electrons. The molecule has 27 heavy (non-hydrogen) atoms. The van der Waals surface area contributed by atoms with E-state index in [2.05, 4.69) is 46.9 Å². The van der Waals surface area contributed by atoms with Gasteiger partial charge >= 0.3 is 0 Å². The highest BCUT2D eigenvalue weighted by molar-refractivity contribution is 7.80. The summed E-state index contributed by atoms with van der Waals surface area (Å²) in [7, 11) is 0. The fraction of sp³-hybridized carbons (Fsp3) is 0.650. The van der Waals surface area contributed by atoms with Gasteiger partial charge in [-0.25, -0.2) is 0 Å². The highest BCUT2D eigenvalue weighted by Crippen LogP contribution is 2.29. The molecule has 2 atom stereocenters. The van der Waals surface area contributed by atoms with Gasteiger partial charge in [-0.2, -0.15) is 9.97 Å². The van der Waals surface area contributed by atoms with E-state index in [9.17, 15) is 0 Å². The maximum absolute atomic E-state index is 5.37. The van der Waals surface area contributed by atoms with Crippen LogP contribution in [0.3, 0.4) is 0 Å². The van der Waals surface area contributed by atoms with Gasteiger partial charge in [-0.3, -0.25) is 0 Å². The molecule has 1 aromatic heterocycles. The molecule has 2 N–H and O–H groups in total. The summed E-state index contributed by atoms with van der Waals surface area (Å²) >= 11 is 5.37. The van der Waals surface area contributed by atoms with E-state index in [-0.39, 0.29) is 0 Å². The quantitative estimate of drug-likeness (QED) is 0.591. The van der Waals surface area contributed by atoms with Crippen LogP contribution in [0, 0.1) is 5.92 Å². The van der Waals surface area contributed by atoms with Crippen LogP contribution in [0.1, 0.15) is 46.0 Å². The Kier molecular flexibility index (Phi) is 6.88. The molecule has 3 rings (SSSR count). The van der Waals surface area contributed by atoms with E-state index in [4.69, 9.17) is 22.2 Å². The van der Waals surface area contributed by atoms with Gasteiger partial charge < -0.3 is 20.4 Å². The summed E-state index contributed by atoms with van der Waals surface area (Å²) in [6.07, 6.45) is 8.00. The predicted octanol–water partition coefficient (Wildman–Crippen LogP) is 3.56. The molecule has 0 spiro atoms. The summed E-state index contributed by atoms with van der Waals surface area (Å²) in [6.45, 7) is 12.1. The van der Waals surface area contributed by atoms with Crippen molar-refractivity contribution in [2.45, 2.75) is 52.0 Å². The van der Waals surface area contributed by atoms with Crippen molar-refractivity contribution in [3.63, 3.8) is 0 Å².